The van der Waals surface area contributed by atoms with Gasteiger partial charge in [-0.1, -0.05) is 0 Å². The van der Waals surface area contributed by atoms with Crippen molar-refractivity contribution in [2.75, 3.05) is 0 Å². The van der Waals surface area contributed by atoms with Crippen LogP contribution >= 0.6 is 0 Å². The number of nitrogens with two attached hydrogens (primary N) is 1. The zero-order valence-corrected chi connectivity index (χ0v) is 9.27. The van der Waals surface area contributed by atoms with Gasteiger partial charge in [-0.3, -0.25) is 0 Å². The van der Waals surface area contributed by atoms with Crippen LogP contribution in [-0.2, 0) is 0 Å². The first-order valence-corrected chi connectivity index (χ1v) is 5.19. The summed E-state index contributed by atoms with van der Waals surface area (Å²) >= 11 is 0. The van der Waals surface area contributed by atoms with E-state index < -0.39 is 5.69 Å². The van der Waals surface area contributed by atoms with Crippen LogP contribution in [0, 0.1) is 5.82 Å². The predicted octanol–water partition coefficient (Wildman–Crippen LogP) is 1.60. The lowest BCUT2D eigenvalue weighted by Gasteiger charge is -2.07. The summed E-state index contributed by atoms with van der Waals surface area (Å²) in [6.07, 6.45) is 0. The number of halogens is 1. The monoisotopic (exact) mass is 233 g/mol. The van der Waals surface area contributed by atoms with Crippen molar-refractivity contribution in [3.63, 3.8) is 0 Å². The molecule has 88 valence electrons. The van der Waals surface area contributed by atoms with Gasteiger partial charge in [0.1, 0.15) is 5.82 Å². The second-order valence-corrected chi connectivity index (χ2v) is 3.82. The first-order valence-electron chi connectivity index (χ1n) is 5.19. The van der Waals surface area contributed by atoms with Gasteiger partial charge in [-0.05, 0) is 37.3 Å². The molecule has 0 saturated carbocycles. The highest BCUT2D eigenvalue weighted by atomic mass is 19.1. The summed E-state index contributed by atoms with van der Waals surface area (Å²) in [6, 6.07) is 7.20. The molecule has 0 aliphatic rings. The molecular formula is C12H12FN3O. The van der Waals surface area contributed by atoms with E-state index in [0.717, 1.165) is 0 Å². The van der Waals surface area contributed by atoms with Crippen LogP contribution < -0.4 is 11.4 Å². The van der Waals surface area contributed by atoms with Gasteiger partial charge in [0.05, 0.1) is 5.69 Å². The molecule has 5 heteroatoms. The Balaban J connectivity index is 2.52. The highest BCUT2D eigenvalue weighted by Crippen LogP contribution is 2.17. The smallest absolute Gasteiger partial charge is 0.323 e. The van der Waals surface area contributed by atoms with E-state index in [1.54, 1.807) is 25.1 Å². The Morgan fingerprint density at radius 3 is 2.59 bits per heavy atom. The summed E-state index contributed by atoms with van der Waals surface area (Å²) in [5.41, 5.74) is 7.00. The average molecular weight is 233 g/mol. The van der Waals surface area contributed by atoms with Crippen LogP contribution in [0.15, 0.2) is 35.1 Å². The van der Waals surface area contributed by atoms with Crippen LogP contribution in [0.4, 0.5) is 4.39 Å². The number of nitrogens with zero attached hydrogens (tertiary/aromatic N) is 1. The second kappa shape index (κ2) is 4.47. The standard InChI is InChI=1S/C12H12FN3O/c1-7(14)10-6-11(16-12(17)15-10)8-2-4-9(13)5-3-8/h2-7H,14H2,1H3,(H,15,16,17). The van der Waals surface area contributed by atoms with Gasteiger partial charge in [-0.15, -0.1) is 0 Å². The fraction of sp³-hybridized carbons (Fsp3) is 0.167. The maximum Gasteiger partial charge on any atom is 0.345 e. The number of hydrogen-bond acceptors (Lipinski definition) is 3. The molecule has 3 N–H and O–H groups in total. The van der Waals surface area contributed by atoms with Crippen molar-refractivity contribution >= 4 is 0 Å². The summed E-state index contributed by atoms with van der Waals surface area (Å²) in [7, 11) is 0. The molecule has 0 bridgehead atoms. The number of rotatable bonds is 2. The van der Waals surface area contributed by atoms with Crippen LogP contribution in [0.3, 0.4) is 0 Å². The van der Waals surface area contributed by atoms with Gasteiger partial charge in [-0.2, -0.15) is 4.98 Å². The highest BCUT2D eigenvalue weighted by molar-refractivity contribution is 5.58. The van der Waals surface area contributed by atoms with Crippen molar-refractivity contribution in [1.29, 1.82) is 0 Å². The minimum Gasteiger partial charge on any atom is -0.323 e. The first kappa shape index (κ1) is 11.5. The largest absolute Gasteiger partial charge is 0.345 e. The van der Waals surface area contributed by atoms with E-state index in [9.17, 15) is 9.18 Å². The van der Waals surface area contributed by atoms with E-state index in [1.807, 2.05) is 0 Å². The molecule has 4 nitrogen and oxygen atoms in total. The van der Waals surface area contributed by atoms with Crippen LogP contribution in [0.1, 0.15) is 18.7 Å². The quantitative estimate of drug-likeness (QED) is 0.827. The van der Waals surface area contributed by atoms with Gasteiger partial charge in [0.25, 0.3) is 0 Å². The normalized spacial score (nSPS) is 12.4. The highest BCUT2D eigenvalue weighted by Gasteiger charge is 2.06. The molecule has 17 heavy (non-hydrogen) atoms. The Bertz CT molecular complexity index is 575. The molecular weight excluding hydrogens is 221 g/mol. The molecule has 1 aromatic carbocycles. The van der Waals surface area contributed by atoms with E-state index in [0.29, 0.717) is 17.0 Å². The lowest BCUT2D eigenvalue weighted by atomic mass is 10.1. The van der Waals surface area contributed by atoms with E-state index in [4.69, 9.17) is 5.73 Å². The summed E-state index contributed by atoms with van der Waals surface area (Å²) in [6.45, 7) is 1.76. The number of aromatic nitrogens is 2. The zero-order chi connectivity index (χ0) is 12.4. The van der Waals surface area contributed by atoms with Crippen LogP contribution in [0.2, 0.25) is 0 Å². The van der Waals surface area contributed by atoms with Crippen LogP contribution in [-0.4, -0.2) is 9.97 Å². The predicted molar refractivity (Wildman–Crippen MR) is 62.9 cm³/mol. The maximum atomic E-state index is 12.8. The van der Waals surface area contributed by atoms with Crippen molar-refractivity contribution in [3.05, 3.63) is 52.3 Å². The average Bonchev–Trinajstić information content (AvgIpc) is 2.29. The fourth-order valence-electron chi connectivity index (χ4n) is 1.49. The molecule has 0 fully saturated rings. The van der Waals surface area contributed by atoms with E-state index in [2.05, 4.69) is 9.97 Å². The van der Waals surface area contributed by atoms with Crippen molar-refractivity contribution in [2.45, 2.75) is 13.0 Å². The van der Waals surface area contributed by atoms with Gasteiger partial charge < -0.3 is 10.7 Å². The first-order chi connectivity index (χ1) is 8.06. The Morgan fingerprint density at radius 1 is 1.35 bits per heavy atom. The molecule has 1 atom stereocenters. The Kier molecular flexibility index (Phi) is 3.01. The molecule has 1 aromatic heterocycles. The minimum atomic E-state index is -0.459. The van der Waals surface area contributed by atoms with Crippen molar-refractivity contribution in [3.8, 4) is 11.3 Å². The van der Waals surface area contributed by atoms with Crippen LogP contribution in [0.5, 0.6) is 0 Å². The van der Waals surface area contributed by atoms with Gasteiger partial charge >= 0.3 is 5.69 Å². The summed E-state index contributed by atoms with van der Waals surface area (Å²) in [5, 5.41) is 0. The molecule has 0 spiro atoms. The third kappa shape index (κ3) is 2.57. The number of aromatic amines is 1. The summed E-state index contributed by atoms with van der Waals surface area (Å²) in [5.74, 6) is -0.328. The van der Waals surface area contributed by atoms with E-state index in [1.165, 1.54) is 12.1 Å². The lowest BCUT2D eigenvalue weighted by molar-refractivity contribution is 0.628. The molecule has 0 saturated heterocycles. The van der Waals surface area contributed by atoms with Crippen LogP contribution in [0.25, 0.3) is 11.3 Å². The van der Waals surface area contributed by atoms with Gasteiger partial charge in [0, 0.05) is 17.3 Å². The summed E-state index contributed by atoms with van der Waals surface area (Å²) in [4.78, 5) is 17.7. The minimum absolute atomic E-state index is 0.287. The second-order valence-electron chi connectivity index (χ2n) is 3.82. The van der Waals surface area contributed by atoms with Crippen molar-refractivity contribution < 1.29 is 4.39 Å². The summed E-state index contributed by atoms with van der Waals surface area (Å²) < 4.78 is 12.8. The molecule has 0 radical (unpaired) electrons. The topological polar surface area (TPSA) is 71.8 Å². The lowest BCUT2D eigenvalue weighted by Crippen LogP contribution is -2.18. The number of H-pyrrole nitrogens is 1. The van der Waals surface area contributed by atoms with E-state index in [-0.39, 0.29) is 11.9 Å². The Labute approximate surface area is 97.3 Å². The maximum absolute atomic E-state index is 12.8. The van der Waals surface area contributed by atoms with E-state index >= 15 is 0 Å². The fourth-order valence-corrected chi connectivity index (χ4v) is 1.49. The third-order valence-corrected chi connectivity index (χ3v) is 2.40. The Hall–Kier alpha value is -2.01. The molecule has 1 heterocycles. The van der Waals surface area contributed by atoms with Crippen molar-refractivity contribution in [1.82, 2.24) is 9.97 Å². The molecule has 0 aliphatic heterocycles. The molecule has 2 rings (SSSR count). The Morgan fingerprint density at radius 2 is 2.00 bits per heavy atom. The van der Waals surface area contributed by atoms with Gasteiger partial charge in [-0.25, -0.2) is 9.18 Å². The third-order valence-electron chi connectivity index (χ3n) is 2.40. The van der Waals surface area contributed by atoms with Crippen molar-refractivity contribution in [2.24, 2.45) is 5.73 Å². The molecule has 1 unspecified atom stereocenters. The molecule has 2 aromatic rings. The molecule has 0 aliphatic carbocycles. The number of hydrogen-bond donors (Lipinski definition) is 2. The number of nitrogens with one attached hydrogen (secondary N) is 1. The molecule has 0 amide bonds. The number of benzene rings is 1. The zero-order valence-electron chi connectivity index (χ0n) is 9.27. The SMILES string of the molecule is CC(N)c1cc(-c2ccc(F)cc2)nc(=O)[nH]1. The van der Waals surface area contributed by atoms with Gasteiger partial charge in [0.15, 0.2) is 0 Å². The van der Waals surface area contributed by atoms with Gasteiger partial charge in [0.2, 0.25) is 0 Å².